The lowest BCUT2D eigenvalue weighted by molar-refractivity contribution is -0.228. The number of ether oxygens (including phenoxy) is 3. The minimum atomic E-state index is -2.08. The van der Waals surface area contributed by atoms with E-state index in [0.717, 1.165) is 30.8 Å². The monoisotopic (exact) mass is 456 g/mol. The summed E-state index contributed by atoms with van der Waals surface area (Å²) in [7, 11) is 4.77. The third-order valence-corrected chi connectivity index (χ3v) is 8.62. The summed E-state index contributed by atoms with van der Waals surface area (Å²) in [6.07, 6.45) is 4.40. The smallest absolute Gasteiger partial charge is 0.344 e. The molecule has 1 N–H and O–H groups in total. The van der Waals surface area contributed by atoms with Gasteiger partial charge in [-0.05, 0) is 31.0 Å². The Morgan fingerprint density at radius 3 is 2.64 bits per heavy atom. The number of rotatable bonds is 4. The minimum absolute atomic E-state index is 0.0589. The predicted molar refractivity (Wildman–Crippen MR) is 121 cm³/mol. The van der Waals surface area contributed by atoms with Gasteiger partial charge in [-0.25, -0.2) is 4.79 Å². The fourth-order valence-corrected chi connectivity index (χ4v) is 7.68. The number of nitrogens with zero attached hydrogens (tertiary/aromatic N) is 2. The zero-order valence-electron chi connectivity index (χ0n) is 19.8. The summed E-state index contributed by atoms with van der Waals surface area (Å²) < 4.78 is 16.6. The van der Waals surface area contributed by atoms with E-state index in [-0.39, 0.29) is 6.04 Å². The summed E-state index contributed by atoms with van der Waals surface area (Å²) in [4.78, 5) is 30.2. The summed E-state index contributed by atoms with van der Waals surface area (Å²) >= 11 is 0. The van der Waals surface area contributed by atoms with Crippen molar-refractivity contribution in [2.75, 3.05) is 39.3 Å². The maximum Gasteiger partial charge on any atom is 0.344 e. The molecule has 0 radical (unpaired) electrons. The Morgan fingerprint density at radius 1 is 1.24 bits per heavy atom. The molecule has 1 saturated heterocycles. The highest BCUT2D eigenvalue weighted by Crippen LogP contribution is 2.67. The summed E-state index contributed by atoms with van der Waals surface area (Å²) in [6.45, 7) is 4.94. The highest BCUT2D eigenvalue weighted by Gasteiger charge is 2.80. The summed E-state index contributed by atoms with van der Waals surface area (Å²) in [5.74, 6) is -0.617. The molecule has 178 valence electrons. The van der Waals surface area contributed by atoms with Crippen LogP contribution in [0.3, 0.4) is 0 Å². The van der Waals surface area contributed by atoms with E-state index in [0.29, 0.717) is 12.2 Å². The fraction of sp³-hybridized carbons (Fsp3) is 0.600. The second kappa shape index (κ2) is 7.21. The van der Waals surface area contributed by atoms with Crippen molar-refractivity contribution in [1.29, 1.82) is 0 Å². The molecule has 1 aliphatic carbocycles. The van der Waals surface area contributed by atoms with Crippen molar-refractivity contribution in [3.05, 3.63) is 35.9 Å². The van der Waals surface area contributed by atoms with Crippen LogP contribution in [0.4, 0.5) is 5.69 Å². The molecule has 5 rings (SSSR count). The van der Waals surface area contributed by atoms with Crippen LogP contribution in [0.25, 0.3) is 0 Å². The van der Waals surface area contributed by atoms with E-state index in [2.05, 4.69) is 23.1 Å². The largest absolute Gasteiger partial charge is 0.497 e. The van der Waals surface area contributed by atoms with Gasteiger partial charge in [-0.3, -0.25) is 9.69 Å². The van der Waals surface area contributed by atoms with Gasteiger partial charge < -0.3 is 24.2 Å². The lowest BCUT2D eigenvalue weighted by Gasteiger charge is -2.63. The van der Waals surface area contributed by atoms with Crippen molar-refractivity contribution >= 4 is 17.6 Å². The number of anilines is 1. The van der Waals surface area contributed by atoms with E-state index in [9.17, 15) is 14.7 Å². The van der Waals surface area contributed by atoms with Crippen molar-refractivity contribution in [2.45, 2.75) is 55.9 Å². The maximum atomic E-state index is 13.5. The number of likely N-dealkylation sites (N-methyl/N-ethyl adjacent to an activating group) is 1. The third-order valence-electron chi connectivity index (χ3n) is 8.62. The van der Waals surface area contributed by atoms with Gasteiger partial charge in [0.15, 0.2) is 6.10 Å². The maximum absolute atomic E-state index is 13.5. The van der Waals surface area contributed by atoms with Gasteiger partial charge in [0.1, 0.15) is 5.75 Å². The van der Waals surface area contributed by atoms with Crippen LogP contribution >= 0.6 is 0 Å². The quantitative estimate of drug-likeness (QED) is 0.541. The Morgan fingerprint density at radius 2 is 2.00 bits per heavy atom. The van der Waals surface area contributed by atoms with E-state index in [4.69, 9.17) is 14.2 Å². The van der Waals surface area contributed by atoms with Gasteiger partial charge in [-0.2, -0.15) is 0 Å². The fourth-order valence-electron chi connectivity index (χ4n) is 7.68. The van der Waals surface area contributed by atoms with Crippen LogP contribution in [0.2, 0.25) is 0 Å². The number of carbonyl (C=O) groups is 2. The molecule has 1 saturated carbocycles. The Balaban J connectivity index is 1.86. The molecular weight excluding hydrogens is 424 g/mol. The number of esters is 2. The molecule has 8 heteroatoms. The zero-order chi connectivity index (χ0) is 23.8. The van der Waals surface area contributed by atoms with Crippen molar-refractivity contribution in [1.82, 2.24) is 4.90 Å². The lowest BCUT2D eigenvalue weighted by Crippen LogP contribution is -2.81. The molecule has 0 unspecified atom stereocenters. The molecule has 33 heavy (non-hydrogen) atoms. The number of hydrogen-bond donors (Lipinski definition) is 1. The van der Waals surface area contributed by atoms with Crippen LogP contribution in [-0.4, -0.2) is 80.1 Å². The number of hydrogen-bond acceptors (Lipinski definition) is 8. The molecule has 3 heterocycles. The number of aliphatic hydroxyl groups is 1. The van der Waals surface area contributed by atoms with Gasteiger partial charge in [-0.15, -0.1) is 0 Å². The first-order valence-electron chi connectivity index (χ1n) is 11.5. The van der Waals surface area contributed by atoms with Gasteiger partial charge in [0.25, 0.3) is 0 Å². The Hall–Kier alpha value is -2.58. The second-order valence-electron chi connectivity index (χ2n) is 9.76. The van der Waals surface area contributed by atoms with E-state index < -0.39 is 40.5 Å². The molecule has 2 fully saturated rings. The standard InChI is InChI=1S/C25H32N2O6/c1-6-23-10-7-12-27-13-11-24(19(23)27)17-9-8-16(31-4)14-18(17)26(3)20(24)25(30,22(29)32-5)21(23)33-15(2)28/h7-10,14,19-21,30H,6,11-13H2,1-5H3/t19-,20+,21+,23-,24-,25+/m0/s1. The average molecular weight is 457 g/mol. The number of methoxy groups -OCH3 is 2. The van der Waals surface area contributed by atoms with Crippen molar-refractivity contribution in [3.8, 4) is 5.75 Å². The molecule has 6 atom stereocenters. The Kier molecular flexibility index (Phi) is 4.85. The normalized spacial score (nSPS) is 38.4. The molecule has 1 aromatic carbocycles. The molecular formula is C25H32N2O6. The van der Waals surface area contributed by atoms with Gasteiger partial charge in [0, 0.05) is 49.1 Å². The van der Waals surface area contributed by atoms with Crippen molar-refractivity contribution < 1.29 is 28.9 Å². The van der Waals surface area contributed by atoms with Gasteiger partial charge >= 0.3 is 11.9 Å². The molecule has 0 bridgehead atoms. The average Bonchev–Trinajstić information content (AvgIpc) is 3.32. The van der Waals surface area contributed by atoms with E-state index in [1.54, 1.807) is 7.11 Å². The zero-order valence-corrected chi connectivity index (χ0v) is 19.8. The molecule has 8 nitrogen and oxygen atoms in total. The summed E-state index contributed by atoms with van der Waals surface area (Å²) in [5.41, 5.74) is -1.41. The van der Waals surface area contributed by atoms with Crippen LogP contribution in [0, 0.1) is 5.41 Å². The highest BCUT2D eigenvalue weighted by atomic mass is 16.6. The summed E-state index contributed by atoms with van der Waals surface area (Å²) in [6, 6.07) is 5.22. The molecule has 0 amide bonds. The van der Waals surface area contributed by atoms with Crippen LogP contribution in [0.15, 0.2) is 30.4 Å². The number of carbonyl (C=O) groups excluding carboxylic acids is 2. The van der Waals surface area contributed by atoms with Crippen LogP contribution in [0.1, 0.15) is 32.3 Å². The first-order chi connectivity index (χ1) is 15.7. The van der Waals surface area contributed by atoms with E-state index >= 15 is 0 Å². The second-order valence-corrected chi connectivity index (χ2v) is 9.76. The van der Waals surface area contributed by atoms with Crippen LogP contribution in [-0.2, 0) is 24.5 Å². The first-order valence-corrected chi connectivity index (χ1v) is 11.5. The Bertz CT molecular complexity index is 1040. The molecule has 4 aliphatic rings. The van der Waals surface area contributed by atoms with E-state index in [1.165, 1.54) is 14.0 Å². The first kappa shape index (κ1) is 22.2. The predicted octanol–water partition coefficient (Wildman–Crippen LogP) is 1.64. The highest BCUT2D eigenvalue weighted by molar-refractivity contribution is 5.87. The van der Waals surface area contributed by atoms with Crippen LogP contribution < -0.4 is 9.64 Å². The lowest BCUT2D eigenvalue weighted by atomic mass is 9.47. The van der Waals surface area contributed by atoms with Crippen LogP contribution in [0.5, 0.6) is 5.75 Å². The van der Waals surface area contributed by atoms with E-state index in [1.807, 2.05) is 31.0 Å². The van der Waals surface area contributed by atoms with Crippen molar-refractivity contribution in [2.24, 2.45) is 5.41 Å². The van der Waals surface area contributed by atoms with Gasteiger partial charge in [-0.1, -0.05) is 25.1 Å². The molecule has 3 aliphatic heterocycles. The summed E-state index contributed by atoms with van der Waals surface area (Å²) in [5, 5.41) is 12.5. The van der Waals surface area contributed by atoms with Gasteiger partial charge in [0.05, 0.1) is 20.3 Å². The SMILES string of the molecule is CC[C@@]12C=CCN3CC[C@]4(c5ccc(OC)cc5N(C)[C@H]4[C@](O)(C(=O)OC)[C@@H]1OC(C)=O)[C@@H]32. The minimum Gasteiger partial charge on any atom is -0.497 e. The van der Waals surface area contributed by atoms with Crippen molar-refractivity contribution in [3.63, 3.8) is 0 Å². The van der Waals surface area contributed by atoms with Gasteiger partial charge in [0.2, 0.25) is 5.60 Å². The number of benzene rings is 1. The third kappa shape index (κ3) is 2.48. The molecule has 1 spiro atoms. The Labute approximate surface area is 194 Å². The number of fused-ring (bicyclic) bond motifs is 1. The molecule has 0 aromatic heterocycles. The molecule has 1 aromatic rings. The topological polar surface area (TPSA) is 88.5 Å².